The van der Waals surface area contributed by atoms with Crippen LogP contribution < -0.4 is 5.32 Å². The smallest absolute Gasteiger partial charge is 0.270 e. The van der Waals surface area contributed by atoms with Gasteiger partial charge in [0, 0.05) is 6.54 Å². The number of pyridine rings is 1. The largest absolute Gasteiger partial charge is 0.350 e. The third-order valence-corrected chi connectivity index (χ3v) is 2.87. The van der Waals surface area contributed by atoms with E-state index >= 15 is 0 Å². The van der Waals surface area contributed by atoms with Gasteiger partial charge in [-0.05, 0) is 42.7 Å². The first kappa shape index (κ1) is 14.1. The molecule has 1 N–H and O–H groups in total. The second-order valence-electron chi connectivity index (χ2n) is 4.45. The molecule has 0 atom stereocenters. The van der Waals surface area contributed by atoms with E-state index in [1.807, 2.05) is 0 Å². The number of halogens is 2. The molecule has 0 saturated heterocycles. The number of benzene rings is 1. The van der Waals surface area contributed by atoms with Crippen molar-refractivity contribution in [1.29, 1.82) is 0 Å². The molecule has 104 valence electrons. The van der Waals surface area contributed by atoms with E-state index in [2.05, 4.69) is 10.3 Å². The van der Waals surface area contributed by atoms with Crippen LogP contribution in [0, 0.1) is 18.6 Å². The number of carbonyl (C=O) groups excluding carboxylic acids is 1. The van der Waals surface area contributed by atoms with Crippen molar-refractivity contribution in [3.8, 4) is 0 Å². The van der Waals surface area contributed by atoms with Crippen molar-refractivity contribution >= 4 is 5.91 Å². The highest BCUT2D eigenvalue weighted by Gasteiger charge is 2.10. The van der Waals surface area contributed by atoms with E-state index < -0.39 is 5.82 Å². The number of carbonyl (C=O) groups is 1. The number of aryl methyl sites for hydroxylation is 1. The lowest BCUT2D eigenvalue weighted by Crippen LogP contribution is -2.27. The third-order valence-electron chi connectivity index (χ3n) is 2.87. The van der Waals surface area contributed by atoms with Crippen LogP contribution in [0.25, 0.3) is 0 Å². The van der Waals surface area contributed by atoms with Crippen molar-refractivity contribution in [2.75, 3.05) is 6.54 Å². The number of hydrogen-bond donors (Lipinski definition) is 1. The van der Waals surface area contributed by atoms with Gasteiger partial charge in [0.2, 0.25) is 0 Å². The lowest BCUT2D eigenvalue weighted by Gasteiger charge is -2.07. The predicted octanol–water partition coefficient (Wildman–Crippen LogP) is 2.64. The van der Waals surface area contributed by atoms with Gasteiger partial charge in [0.1, 0.15) is 17.3 Å². The number of aromatic nitrogens is 1. The summed E-state index contributed by atoms with van der Waals surface area (Å²) in [6.45, 7) is 2.04. The maximum atomic E-state index is 12.9. The first-order valence-electron chi connectivity index (χ1n) is 6.21. The number of nitrogens with zero attached hydrogens (tertiary/aromatic N) is 1. The van der Waals surface area contributed by atoms with Crippen molar-refractivity contribution in [2.24, 2.45) is 0 Å². The summed E-state index contributed by atoms with van der Waals surface area (Å²) in [5.41, 5.74) is 1.63. The Kier molecular flexibility index (Phi) is 4.40. The zero-order valence-corrected chi connectivity index (χ0v) is 11.0. The average molecular weight is 276 g/mol. The highest BCUT2D eigenvalue weighted by atomic mass is 19.1. The predicted molar refractivity (Wildman–Crippen MR) is 71.4 cm³/mol. The van der Waals surface area contributed by atoms with E-state index in [0.717, 1.165) is 11.8 Å². The van der Waals surface area contributed by atoms with Crippen LogP contribution in [0.1, 0.15) is 21.6 Å². The van der Waals surface area contributed by atoms with Crippen molar-refractivity contribution in [1.82, 2.24) is 10.3 Å². The summed E-state index contributed by atoms with van der Waals surface area (Å²) >= 11 is 0. The van der Waals surface area contributed by atoms with Gasteiger partial charge >= 0.3 is 0 Å². The van der Waals surface area contributed by atoms with E-state index in [1.165, 1.54) is 18.2 Å². The molecule has 1 amide bonds. The van der Waals surface area contributed by atoms with Gasteiger partial charge in [-0.3, -0.25) is 4.79 Å². The van der Waals surface area contributed by atoms with Crippen LogP contribution in [-0.4, -0.2) is 17.4 Å². The number of hydrogen-bond acceptors (Lipinski definition) is 2. The Morgan fingerprint density at radius 2 is 1.90 bits per heavy atom. The molecule has 5 heteroatoms. The summed E-state index contributed by atoms with van der Waals surface area (Å²) < 4.78 is 25.6. The van der Waals surface area contributed by atoms with Crippen molar-refractivity contribution in [3.05, 3.63) is 65.0 Å². The van der Waals surface area contributed by atoms with Crippen LogP contribution in [-0.2, 0) is 6.42 Å². The lowest BCUT2D eigenvalue weighted by atomic mass is 10.1. The summed E-state index contributed by atoms with van der Waals surface area (Å²) in [6.07, 6.45) is 1.61. The molecular weight excluding hydrogens is 262 g/mol. The van der Waals surface area contributed by atoms with E-state index in [-0.39, 0.29) is 17.4 Å². The standard InChI is InChI=1S/C15H14F2N2O/c1-10-8-13(17)9-19-14(10)15(20)18-7-6-11-2-4-12(16)5-3-11/h2-5,8-9H,6-7H2,1H3,(H,18,20). The lowest BCUT2D eigenvalue weighted by molar-refractivity contribution is 0.0948. The van der Waals surface area contributed by atoms with Crippen LogP contribution in [0.5, 0.6) is 0 Å². The normalized spacial score (nSPS) is 10.3. The fraction of sp³-hybridized carbons (Fsp3) is 0.200. The first-order valence-corrected chi connectivity index (χ1v) is 6.21. The molecule has 0 radical (unpaired) electrons. The van der Waals surface area contributed by atoms with Gasteiger partial charge < -0.3 is 5.32 Å². The van der Waals surface area contributed by atoms with Gasteiger partial charge in [-0.15, -0.1) is 0 Å². The monoisotopic (exact) mass is 276 g/mol. The number of rotatable bonds is 4. The van der Waals surface area contributed by atoms with Gasteiger partial charge in [-0.2, -0.15) is 0 Å². The number of amides is 1. The fourth-order valence-electron chi connectivity index (χ4n) is 1.83. The zero-order valence-electron chi connectivity index (χ0n) is 11.0. The maximum absolute atomic E-state index is 12.9. The van der Waals surface area contributed by atoms with Crippen molar-refractivity contribution < 1.29 is 13.6 Å². The van der Waals surface area contributed by atoms with Crippen LogP contribution in [0.2, 0.25) is 0 Å². The maximum Gasteiger partial charge on any atom is 0.270 e. The SMILES string of the molecule is Cc1cc(F)cnc1C(=O)NCCc1ccc(F)cc1. The molecule has 0 saturated carbocycles. The molecule has 0 spiro atoms. The Labute approximate surface area is 115 Å². The van der Waals surface area contributed by atoms with E-state index in [0.29, 0.717) is 18.5 Å². The van der Waals surface area contributed by atoms with E-state index in [4.69, 9.17) is 0 Å². The number of nitrogens with one attached hydrogen (secondary N) is 1. The molecule has 0 aliphatic rings. The summed E-state index contributed by atoms with van der Waals surface area (Å²) in [6, 6.07) is 7.36. The molecule has 0 aliphatic carbocycles. The average Bonchev–Trinajstić information content (AvgIpc) is 2.41. The topological polar surface area (TPSA) is 42.0 Å². The van der Waals surface area contributed by atoms with Gasteiger partial charge in [-0.1, -0.05) is 12.1 Å². The molecule has 1 aromatic carbocycles. The van der Waals surface area contributed by atoms with Gasteiger partial charge in [0.05, 0.1) is 6.20 Å². The summed E-state index contributed by atoms with van der Waals surface area (Å²) in [7, 11) is 0. The Morgan fingerprint density at radius 1 is 1.20 bits per heavy atom. The molecule has 0 fully saturated rings. The molecule has 1 aromatic heterocycles. The van der Waals surface area contributed by atoms with E-state index in [1.54, 1.807) is 19.1 Å². The minimum Gasteiger partial charge on any atom is -0.350 e. The molecule has 1 heterocycles. The van der Waals surface area contributed by atoms with Gasteiger partial charge in [0.15, 0.2) is 0 Å². The summed E-state index contributed by atoms with van der Waals surface area (Å²) in [4.78, 5) is 15.6. The van der Waals surface area contributed by atoms with Gasteiger partial charge in [-0.25, -0.2) is 13.8 Å². The molecule has 2 aromatic rings. The van der Waals surface area contributed by atoms with Crippen molar-refractivity contribution in [2.45, 2.75) is 13.3 Å². The van der Waals surface area contributed by atoms with Crippen molar-refractivity contribution in [3.63, 3.8) is 0 Å². The Hall–Kier alpha value is -2.30. The van der Waals surface area contributed by atoms with Crippen LogP contribution in [0.4, 0.5) is 8.78 Å². The van der Waals surface area contributed by atoms with Crippen LogP contribution in [0.15, 0.2) is 36.5 Å². The second kappa shape index (κ2) is 6.23. The molecule has 0 bridgehead atoms. The Morgan fingerprint density at radius 3 is 2.55 bits per heavy atom. The quantitative estimate of drug-likeness (QED) is 0.932. The highest BCUT2D eigenvalue weighted by Crippen LogP contribution is 2.07. The van der Waals surface area contributed by atoms with Gasteiger partial charge in [0.25, 0.3) is 5.91 Å². The molecule has 3 nitrogen and oxygen atoms in total. The van der Waals surface area contributed by atoms with E-state index in [9.17, 15) is 13.6 Å². The zero-order chi connectivity index (χ0) is 14.5. The molecule has 0 unspecified atom stereocenters. The molecular formula is C15H14F2N2O. The molecule has 0 aliphatic heterocycles. The minimum absolute atomic E-state index is 0.213. The minimum atomic E-state index is -0.467. The Bertz CT molecular complexity index is 612. The second-order valence-corrected chi connectivity index (χ2v) is 4.45. The summed E-state index contributed by atoms with van der Waals surface area (Å²) in [5, 5.41) is 2.70. The third kappa shape index (κ3) is 3.60. The first-order chi connectivity index (χ1) is 9.56. The molecule has 20 heavy (non-hydrogen) atoms. The summed E-state index contributed by atoms with van der Waals surface area (Å²) in [5.74, 6) is -1.10. The Balaban J connectivity index is 1.90. The van der Waals surface area contributed by atoms with Crippen LogP contribution >= 0.6 is 0 Å². The molecule has 2 rings (SSSR count). The van der Waals surface area contributed by atoms with Crippen LogP contribution in [0.3, 0.4) is 0 Å². The highest BCUT2D eigenvalue weighted by molar-refractivity contribution is 5.93. The fourth-order valence-corrected chi connectivity index (χ4v) is 1.83.